The number of rotatable bonds is 5. The maximum absolute atomic E-state index is 11.5. The molecule has 102 valence electrons. The first-order chi connectivity index (χ1) is 8.38. The fraction of sp³-hybridized carbons (Fsp3) is 0.600. The molecule has 8 heteroatoms. The Balaban J connectivity index is 5.31. The third-order valence-electron chi connectivity index (χ3n) is 2.06. The molecule has 0 aliphatic heterocycles. The van der Waals surface area contributed by atoms with Crippen molar-refractivity contribution in [2.45, 2.75) is 13.0 Å². The van der Waals surface area contributed by atoms with Crippen LogP contribution in [0, 0.1) is 5.92 Å². The third kappa shape index (κ3) is 4.04. The van der Waals surface area contributed by atoms with Gasteiger partial charge in [-0.3, -0.25) is 14.4 Å². The van der Waals surface area contributed by atoms with E-state index in [2.05, 4.69) is 19.5 Å². The molecule has 0 spiro atoms. The Bertz CT molecular complexity index is 336. The van der Waals surface area contributed by atoms with Gasteiger partial charge in [-0.15, -0.1) is 0 Å². The Kier molecular flexibility index (Phi) is 6.40. The summed E-state index contributed by atoms with van der Waals surface area (Å²) in [7, 11) is 3.14. The molecule has 0 aromatic rings. The van der Waals surface area contributed by atoms with E-state index in [1.165, 1.54) is 0 Å². The van der Waals surface area contributed by atoms with Gasteiger partial charge in [-0.25, -0.2) is 4.79 Å². The number of methoxy groups -OCH3 is 3. The number of nitrogens with one attached hydrogen (secondary N) is 1. The van der Waals surface area contributed by atoms with E-state index in [-0.39, 0.29) is 0 Å². The van der Waals surface area contributed by atoms with E-state index in [1.54, 1.807) is 0 Å². The molecule has 0 fully saturated rings. The summed E-state index contributed by atoms with van der Waals surface area (Å²) in [5, 5.41) is 2.15. The molecule has 8 nitrogen and oxygen atoms in total. The molecular formula is C10H15NO7. The highest BCUT2D eigenvalue weighted by atomic mass is 16.5. The van der Waals surface area contributed by atoms with Crippen molar-refractivity contribution in [3.8, 4) is 0 Å². The molecule has 1 amide bonds. The highest BCUT2D eigenvalue weighted by molar-refractivity contribution is 6.01. The van der Waals surface area contributed by atoms with Crippen molar-refractivity contribution in [2.75, 3.05) is 21.3 Å². The molecule has 0 radical (unpaired) electrons. The van der Waals surface area contributed by atoms with Crippen molar-refractivity contribution in [2.24, 2.45) is 5.92 Å². The van der Waals surface area contributed by atoms with Crippen molar-refractivity contribution in [1.29, 1.82) is 0 Å². The van der Waals surface area contributed by atoms with Crippen molar-refractivity contribution in [3.63, 3.8) is 0 Å². The van der Waals surface area contributed by atoms with Crippen LogP contribution >= 0.6 is 0 Å². The summed E-state index contributed by atoms with van der Waals surface area (Å²) in [6.07, 6.45) is 0. The molecule has 0 heterocycles. The second-order valence-electron chi connectivity index (χ2n) is 3.23. The van der Waals surface area contributed by atoms with Crippen LogP contribution in [0.25, 0.3) is 0 Å². The van der Waals surface area contributed by atoms with E-state index < -0.39 is 35.8 Å². The van der Waals surface area contributed by atoms with Crippen LogP contribution in [0.1, 0.15) is 6.92 Å². The number of hydrogen-bond donors (Lipinski definition) is 1. The summed E-state index contributed by atoms with van der Waals surface area (Å²) in [4.78, 5) is 45.4. The maximum atomic E-state index is 11.5. The average molecular weight is 261 g/mol. The van der Waals surface area contributed by atoms with E-state index >= 15 is 0 Å². The number of esters is 3. The Morgan fingerprint density at radius 2 is 1.22 bits per heavy atom. The number of carbonyl (C=O) groups excluding carboxylic acids is 4. The van der Waals surface area contributed by atoms with Crippen molar-refractivity contribution < 1.29 is 33.4 Å². The lowest BCUT2D eigenvalue weighted by Gasteiger charge is -2.21. The lowest BCUT2D eigenvalue weighted by atomic mass is 10.00. The zero-order valence-corrected chi connectivity index (χ0v) is 10.5. The lowest BCUT2D eigenvalue weighted by Crippen LogP contribution is -2.52. The molecule has 0 aromatic heterocycles. The minimum absolute atomic E-state index is 0.608. The predicted molar refractivity (Wildman–Crippen MR) is 57.1 cm³/mol. The number of amides is 1. The van der Waals surface area contributed by atoms with Gasteiger partial charge in [-0.1, -0.05) is 0 Å². The van der Waals surface area contributed by atoms with E-state index in [0.717, 1.165) is 28.3 Å². The lowest BCUT2D eigenvalue weighted by molar-refractivity contribution is -0.166. The van der Waals surface area contributed by atoms with E-state index in [4.69, 9.17) is 0 Å². The van der Waals surface area contributed by atoms with Gasteiger partial charge in [0.15, 0.2) is 12.0 Å². The average Bonchev–Trinajstić information content (AvgIpc) is 2.35. The normalized spacial score (nSPS) is 11.4. The first-order valence-corrected chi connectivity index (χ1v) is 4.89. The van der Waals surface area contributed by atoms with E-state index in [1.807, 2.05) is 0 Å². The summed E-state index contributed by atoms with van der Waals surface area (Å²) in [6, 6.07) is -1.49. The Labute approximate surface area is 104 Å². The number of ether oxygens (including phenoxy) is 3. The van der Waals surface area contributed by atoms with Crippen LogP contribution < -0.4 is 5.32 Å². The quantitative estimate of drug-likeness (QED) is 0.369. The fourth-order valence-electron chi connectivity index (χ4n) is 1.25. The summed E-state index contributed by atoms with van der Waals surface area (Å²) in [6.45, 7) is 1.13. The Hall–Kier alpha value is -2.12. The van der Waals surface area contributed by atoms with Crippen molar-refractivity contribution in [1.82, 2.24) is 5.32 Å². The largest absolute Gasteiger partial charge is 0.468 e. The fourth-order valence-corrected chi connectivity index (χ4v) is 1.25. The van der Waals surface area contributed by atoms with Gasteiger partial charge in [-0.05, 0) is 0 Å². The Morgan fingerprint density at radius 1 is 0.833 bits per heavy atom. The van der Waals surface area contributed by atoms with Crippen LogP contribution in [-0.2, 0) is 33.4 Å². The molecule has 0 rings (SSSR count). The van der Waals surface area contributed by atoms with Gasteiger partial charge >= 0.3 is 17.9 Å². The number of carbonyl (C=O) groups is 4. The van der Waals surface area contributed by atoms with Crippen LogP contribution in [0.15, 0.2) is 0 Å². The zero-order valence-electron chi connectivity index (χ0n) is 10.5. The molecule has 1 atom stereocenters. The standard InChI is InChI=1S/C10H15NO7/c1-5(12)11-7(10(15)18-4)6(8(13)16-2)9(14)17-3/h6-7H,1-4H3,(H,11,12)/t7-/m1/s1. The van der Waals surface area contributed by atoms with E-state index in [0.29, 0.717) is 0 Å². The highest BCUT2D eigenvalue weighted by Crippen LogP contribution is 2.10. The molecule has 0 aliphatic carbocycles. The van der Waals surface area contributed by atoms with Gasteiger partial charge in [0.05, 0.1) is 21.3 Å². The molecule has 0 aliphatic rings. The highest BCUT2D eigenvalue weighted by Gasteiger charge is 2.42. The van der Waals surface area contributed by atoms with Crippen LogP contribution in [0.5, 0.6) is 0 Å². The van der Waals surface area contributed by atoms with Gasteiger partial charge in [-0.2, -0.15) is 0 Å². The first kappa shape index (κ1) is 15.9. The van der Waals surface area contributed by atoms with Gasteiger partial charge in [0.25, 0.3) is 0 Å². The van der Waals surface area contributed by atoms with Crippen molar-refractivity contribution >= 4 is 23.8 Å². The van der Waals surface area contributed by atoms with Gasteiger partial charge in [0.1, 0.15) is 0 Å². The van der Waals surface area contributed by atoms with Crippen LogP contribution in [0.4, 0.5) is 0 Å². The monoisotopic (exact) mass is 261 g/mol. The second kappa shape index (κ2) is 7.25. The van der Waals surface area contributed by atoms with Gasteiger partial charge in [0, 0.05) is 6.92 Å². The molecule has 0 saturated carbocycles. The molecule has 18 heavy (non-hydrogen) atoms. The minimum atomic E-state index is -1.61. The SMILES string of the molecule is COC(=O)C(C(=O)OC)[C@@H](NC(C)=O)C(=O)OC. The smallest absolute Gasteiger partial charge is 0.329 e. The molecular weight excluding hydrogens is 246 g/mol. The molecule has 0 saturated heterocycles. The first-order valence-electron chi connectivity index (χ1n) is 4.89. The van der Waals surface area contributed by atoms with Crippen LogP contribution in [0.2, 0.25) is 0 Å². The molecule has 0 aromatic carbocycles. The van der Waals surface area contributed by atoms with Gasteiger partial charge in [0.2, 0.25) is 5.91 Å². The van der Waals surface area contributed by atoms with E-state index in [9.17, 15) is 19.2 Å². The van der Waals surface area contributed by atoms with Gasteiger partial charge < -0.3 is 19.5 Å². The van der Waals surface area contributed by atoms with Crippen LogP contribution in [0.3, 0.4) is 0 Å². The molecule has 1 N–H and O–H groups in total. The molecule has 0 unspecified atom stereocenters. The topological polar surface area (TPSA) is 108 Å². The molecule has 0 bridgehead atoms. The summed E-state index contributed by atoms with van der Waals surface area (Å²) in [5.74, 6) is -5.19. The predicted octanol–water partition coefficient (Wildman–Crippen LogP) is -1.37. The zero-order chi connectivity index (χ0) is 14.3. The maximum Gasteiger partial charge on any atom is 0.329 e. The Morgan fingerprint density at radius 3 is 1.50 bits per heavy atom. The summed E-state index contributed by atoms with van der Waals surface area (Å²) >= 11 is 0. The van der Waals surface area contributed by atoms with Crippen molar-refractivity contribution in [3.05, 3.63) is 0 Å². The minimum Gasteiger partial charge on any atom is -0.468 e. The second-order valence-corrected chi connectivity index (χ2v) is 3.23. The summed E-state index contributed by atoms with van der Waals surface area (Å²) in [5.41, 5.74) is 0. The number of hydrogen-bond acceptors (Lipinski definition) is 7. The summed E-state index contributed by atoms with van der Waals surface area (Å²) < 4.78 is 13.2. The van der Waals surface area contributed by atoms with Crippen LogP contribution in [-0.4, -0.2) is 51.2 Å². The third-order valence-corrected chi connectivity index (χ3v) is 2.06.